The van der Waals surface area contributed by atoms with E-state index in [-0.39, 0.29) is 30.0 Å². The SMILES string of the molecule is CCC(C)N(Cc1ccc(OC)c(OS(=O)(=O)c2cccc(C(F)(F)F)c2)c1)C(=O)c1cccc(OC)c1. The summed E-state index contributed by atoms with van der Waals surface area (Å²) in [5, 5.41) is 0. The monoisotopic (exact) mass is 551 g/mol. The van der Waals surface area contributed by atoms with Gasteiger partial charge in [0.15, 0.2) is 11.5 Å². The zero-order valence-electron chi connectivity index (χ0n) is 21.3. The van der Waals surface area contributed by atoms with Crippen molar-refractivity contribution >= 4 is 16.0 Å². The molecule has 3 rings (SSSR count). The summed E-state index contributed by atoms with van der Waals surface area (Å²) >= 11 is 0. The molecule has 1 unspecified atom stereocenters. The van der Waals surface area contributed by atoms with Crippen LogP contribution in [0.3, 0.4) is 0 Å². The van der Waals surface area contributed by atoms with Crippen molar-refractivity contribution < 1.29 is 40.0 Å². The molecule has 0 aliphatic rings. The number of nitrogens with zero attached hydrogens (tertiary/aromatic N) is 1. The van der Waals surface area contributed by atoms with Gasteiger partial charge in [-0.1, -0.05) is 25.1 Å². The highest BCUT2D eigenvalue weighted by Gasteiger charge is 2.32. The van der Waals surface area contributed by atoms with Crippen LogP contribution in [0.15, 0.2) is 71.6 Å². The van der Waals surface area contributed by atoms with Gasteiger partial charge in [-0.15, -0.1) is 0 Å². The number of hydrogen-bond donors (Lipinski definition) is 0. The second kappa shape index (κ2) is 11.8. The predicted octanol–water partition coefficient (Wildman–Crippen LogP) is 5.93. The molecule has 0 aliphatic carbocycles. The molecule has 0 aromatic heterocycles. The maximum atomic E-state index is 13.4. The summed E-state index contributed by atoms with van der Waals surface area (Å²) in [5.41, 5.74) is -0.179. The molecule has 0 saturated carbocycles. The first-order chi connectivity index (χ1) is 17.9. The van der Waals surface area contributed by atoms with Gasteiger partial charge in [0.05, 0.1) is 19.8 Å². The van der Waals surface area contributed by atoms with E-state index in [1.165, 1.54) is 26.4 Å². The molecule has 204 valence electrons. The lowest BCUT2D eigenvalue weighted by atomic mass is 10.1. The summed E-state index contributed by atoms with van der Waals surface area (Å²) in [5.74, 6) is 0.104. The second-order valence-corrected chi connectivity index (χ2v) is 10.0. The molecule has 0 bridgehead atoms. The Morgan fingerprint density at radius 1 is 0.947 bits per heavy atom. The third kappa shape index (κ3) is 6.77. The molecule has 1 amide bonds. The van der Waals surface area contributed by atoms with Gasteiger partial charge >= 0.3 is 16.3 Å². The van der Waals surface area contributed by atoms with Crippen molar-refractivity contribution in [1.82, 2.24) is 4.90 Å². The van der Waals surface area contributed by atoms with E-state index in [1.807, 2.05) is 13.8 Å². The number of amides is 1. The van der Waals surface area contributed by atoms with Crippen LogP contribution in [0, 0.1) is 0 Å². The summed E-state index contributed by atoms with van der Waals surface area (Å²) in [6, 6.07) is 14.3. The highest BCUT2D eigenvalue weighted by atomic mass is 32.2. The van der Waals surface area contributed by atoms with Crippen LogP contribution in [0.4, 0.5) is 13.2 Å². The first-order valence-electron chi connectivity index (χ1n) is 11.6. The lowest BCUT2D eigenvalue weighted by Crippen LogP contribution is -2.37. The molecule has 0 saturated heterocycles. The summed E-state index contributed by atoms with van der Waals surface area (Å²) in [4.78, 5) is 14.3. The minimum absolute atomic E-state index is 0.0542. The average molecular weight is 552 g/mol. The van der Waals surface area contributed by atoms with Gasteiger partial charge < -0.3 is 18.6 Å². The van der Waals surface area contributed by atoms with Crippen LogP contribution in [0.1, 0.15) is 41.8 Å². The van der Waals surface area contributed by atoms with Crippen molar-refractivity contribution in [2.24, 2.45) is 0 Å². The number of benzene rings is 3. The van der Waals surface area contributed by atoms with Gasteiger partial charge in [-0.25, -0.2) is 0 Å². The summed E-state index contributed by atoms with van der Waals surface area (Å²) < 4.78 is 80.7. The third-order valence-electron chi connectivity index (χ3n) is 5.93. The Bertz CT molecular complexity index is 1390. The van der Waals surface area contributed by atoms with Crippen LogP contribution in [-0.2, 0) is 22.8 Å². The lowest BCUT2D eigenvalue weighted by Gasteiger charge is -2.29. The van der Waals surface area contributed by atoms with E-state index in [2.05, 4.69) is 0 Å². The fourth-order valence-electron chi connectivity index (χ4n) is 3.65. The van der Waals surface area contributed by atoms with E-state index in [0.717, 1.165) is 18.2 Å². The zero-order chi connectivity index (χ0) is 28.1. The molecule has 0 heterocycles. The van der Waals surface area contributed by atoms with Crippen LogP contribution < -0.4 is 13.7 Å². The van der Waals surface area contributed by atoms with E-state index in [9.17, 15) is 26.4 Å². The molecule has 0 N–H and O–H groups in total. The maximum Gasteiger partial charge on any atom is 0.416 e. The average Bonchev–Trinajstić information content (AvgIpc) is 2.90. The summed E-state index contributed by atoms with van der Waals surface area (Å²) in [7, 11) is -1.83. The first-order valence-corrected chi connectivity index (χ1v) is 13.0. The molecule has 0 spiro atoms. The maximum absolute atomic E-state index is 13.4. The number of carbonyl (C=O) groups is 1. The molecular formula is C27H28F3NO6S. The molecule has 0 fully saturated rings. The first kappa shape index (κ1) is 28.8. The number of halogens is 3. The number of methoxy groups -OCH3 is 2. The highest BCUT2D eigenvalue weighted by molar-refractivity contribution is 7.87. The van der Waals surface area contributed by atoms with E-state index >= 15 is 0 Å². The van der Waals surface area contributed by atoms with E-state index in [1.54, 1.807) is 35.2 Å². The topological polar surface area (TPSA) is 82.1 Å². The normalized spacial score (nSPS) is 12.5. The molecule has 3 aromatic rings. The molecule has 11 heteroatoms. The molecule has 0 radical (unpaired) electrons. The van der Waals surface area contributed by atoms with Gasteiger partial charge in [0, 0.05) is 18.2 Å². The van der Waals surface area contributed by atoms with E-state index in [4.69, 9.17) is 13.7 Å². The van der Waals surface area contributed by atoms with Gasteiger partial charge in [-0.05, 0) is 67.4 Å². The van der Waals surface area contributed by atoms with Gasteiger partial charge in [0.2, 0.25) is 0 Å². The lowest BCUT2D eigenvalue weighted by molar-refractivity contribution is -0.137. The molecular weight excluding hydrogens is 523 g/mol. The van der Waals surface area contributed by atoms with Gasteiger partial charge in [0.25, 0.3) is 5.91 Å². The second-order valence-electron chi connectivity index (χ2n) is 8.47. The molecule has 38 heavy (non-hydrogen) atoms. The summed E-state index contributed by atoms with van der Waals surface area (Å²) in [6.45, 7) is 3.92. The molecule has 3 aromatic carbocycles. The molecule has 0 aliphatic heterocycles. The number of carbonyl (C=O) groups excluding carboxylic acids is 1. The largest absolute Gasteiger partial charge is 0.497 e. The fraction of sp³-hybridized carbons (Fsp3) is 0.296. The predicted molar refractivity (Wildman–Crippen MR) is 135 cm³/mol. The highest BCUT2D eigenvalue weighted by Crippen LogP contribution is 2.34. The zero-order valence-corrected chi connectivity index (χ0v) is 22.1. The summed E-state index contributed by atoms with van der Waals surface area (Å²) in [6.07, 6.45) is -4.07. The van der Waals surface area contributed by atoms with Crippen LogP contribution in [0.25, 0.3) is 0 Å². The molecule has 7 nitrogen and oxygen atoms in total. The van der Waals surface area contributed by atoms with Crippen molar-refractivity contribution in [3.63, 3.8) is 0 Å². The minimum Gasteiger partial charge on any atom is -0.497 e. The van der Waals surface area contributed by atoms with Crippen LogP contribution in [0.2, 0.25) is 0 Å². The smallest absolute Gasteiger partial charge is 0.416 e. The van der Waals surface area contributed by atoms with Crippen LogP contribution in [-0.4, -0.2) is 39.5 Å². The minimum atomic E-state index is -4.72. The molecule has 1 atom stereocenters. The van der Waals surface area contributed by atoms with Crippen LogP contribution >= 0.6 is 0 Å². The number of rotatable bonds is 10. The van der Waals surface area contributed by atoms with Crippen molar-refractivity contribution in [3.05, 3.63) is 83.4 Å². The Kier molecular flexibility index (Phi) is 8.93. The number of alkyl halides is 3. The van der Waals surface area contributed by atoms with Crippen molar-refractivity contribution in [2.45, 2.75) is 43.9 Å². The van der Waals surface area contributed by atoms with Gasteiger partial charge in [0.1, 0.15) is 10.6 Å². The van der Waals surface area contributed by atoms with Crippen molar-refractivity contribution in [3.8, 4) is 17.2 Å². The Balaban J connectivity index is 1.94. The van der Waals surface area contributed by atoms with Gasteiger partial charge in [-0.3, -0.25) is 4.79 Å². The van der Waals surface area contributed by atoms with Crippen molar-refractivity contribution in [1.29, 1.82) is 0 Å². The fourth-order valence-corrected chi connectivity index (χ4v) is 4.63. The quantitative estimate of drug-likeness (QED) is 0.291. The number of ether oxygens (including phenoxy) is 2. The van der Waals surface area contributed by atoms with Gasteiger partial charge in [-0.2, -0.15) is 21.6 Å². The Morgan fingerprint density at radius 2 is 1.66 bits per heavy atom. The van der Waals surface area contributed by atoms with Crippen LogP contribution in [0.5, 0.6) is 17.2 Å². The Hall–Kier alpha value is -3.73. The van der Waals surface area contributed by atoms with Crippen molar-refractivity contribution in [2.75, 3.05) is 14.2 Å². The number of hydrogen-bond acceptors (Lipinski definition) is 6. The van der Waals surface area contributed by atoms with E-state index in [0.29, 0.717) is 29.4 Å². The standard InChI is InChI=1S/C27H28F3NO6S/c1-5-18(2)31(26(32)20-8-6-10-22(15-20)35-3)17-19-12-13-24(36-4)25(14-19)37-38(33,34)23-11-7-9-21(16-23)27(28,29)30/h6-16,18H,5,17H2,1-4H3. The van der Waals surface area contributed by atoms with E-state index < -0.39 is 26.8 Å². The Labute approximate surface area is 219 Å². The Morgan fingerprint density at radius 3 is 2.29 bits per heavy atom. The third-order valence-corrected chi connectivity index (χ3v) is 7.16.